The van der Waals surface area contributed by atoms with E-state index in [4.69, 9.17) is 0 Å². The molecule has 0 spiro atoms. The zero-order chi connectivity index (χ0) is 13.8. The Labute approximate surface area is 127 Å². The van der Waals surface area contributed by atoms with Gasteiger partial charge in [-0.1, -0.05) is 18.9 Å². The van der Waals surface area contributed by atoms with Crippen LogP contribution in [0.1, 0.15) is 36.1 Å². The topological polar surface area (TPSA) is 29.1 Å². The minimum absolute atomic E-state index is 0.00602. The molecule has 0 bridgehead atoms. The van der Waals surface area contributed by atoms with Crippen LogP contribution in [-0.2, 0) is 10.3 Å². The Bertz CT molecular complexity index is 578. The van der Waals surface area contributed by atoms with E-state index in [1.807, 2.05) is 22.9 Å². The van der Waals surface area contributed by atoms with Crippen molar-refractivity contribution in [2.24, 2.45) is 0 Å². The lowest BCUT2D eigenvalue weighted by Gasteiger charge is -2.28. The molecule has 1 aliphatic rings. The third-order valence-electron chi connectivity index (χ3n) is 3.78. The second-order valence-corrected chi connectivity index (χ2v) is 6.87. The molecule has 0 radical (unpaired) electrons. The maximum Gasteiger partial charge on any atom is 0.244 e. The fourth-order valence-corrected chi connectivity index (χ4v) is 4.35. The Morgan fingerprint density at radius 1 is 1.25 bits per heavy atom. The standard InChI is InChI=1S/C16H17NOS2/c18-15(6-5-13-7-11-19-12-13)17-16(8-1-2-9-16)14-4-3-10-20-14/h3-7,10-12H,1-2,8-9H2,(H,17,18). The maximum atomic E-state index is 12.2. The summed E-state index contributed by atoms with van der Waals surface area (Å²) in [4.78, 5) is 13.5. The summed E-state index contributed by atoms with van der Waals surface area (Å²) >= 11 is 3.38. The van der Waals surface area contributed by atoms with Gasteiger partial charge < -0.3 is 5.32 Å². The lowest BCUT2D eigenvalue weighted by molar-refractivity contribution is -0.118. The highest BCUT2D eigenvalue weighted by atomic mass is 32.1. The smallest absolute Gasteiger partial charge is 0.244 e. The molecule has 1 amide bonds. The average Bonchev–Trinajstić information content (AvgIpc) is 3.18. The van der Waals surface area contributed by atoms with Crippen molar-refractivity contribution >= 4 is 34.7 Å². The van der Waals surface area contributed by atoms with Gasteiger partial charge in [0.05, 0.1) is 5.54 Å². The normalized spacial score (nSPS) is 17.6. The van der Waals surface area contributed by atoms with Gasteiger partial charge in [-0.2, -0.15) is 11.3 Å². The van der Waals surface area contributed by atoms with Crippen LogP contribution in [0, 0.1) is 0 Å². The van der Waals surface area contributed by atoms with Crippen LogP contribution in [0.15, 0.2) is 40.4 Å². The van der Waals surface area contributed by atoms with E-state index in [1.54, 1.807) is 28.7 Å². The summed E-state index contributed by atoms with van der Waals surface area (Å²) < 4.78 is 0. The number of nitrogens with one attached hydrogen (secondary N) is 1. The quantitative estimate of drug-likeness (QED) is 0.833. The first kappa shape index (κ1) is 13.6. The van der Waals surface area contributed by atoms with Crippen molar-refractivity contribution in [2.45, 2.75) is 31.2 Å². The molecule has 2 nitrogen and oxygen atoms in total. The van der Waals surface area contributed by atoms with Gasteiger partial charge in [0.2, 0.25) is 5.91 Å². The summed E-state index contributed by atoms with van der Waals surface area (Å²) in [5.41, 5.74) is 0.950. The van der Waals surface area contributed by atoms with Crippen LogP contribution in [-0.4, -0.2) is 5.91 Å². The molecule has 0 atom stereocenters. The summed E-state index contributed by atoms with van der Waals surface area (Å²) in [6.07, 6.45) is 7.99. The number of rotatable bonds is 4. The lowest BCUT2D eigenvalue weighted by Crippen LogP contribution is -2.42. The van der Waals surface area contributed by atoms with E-state index < -0.39 is 0 Å². The molecule has 20 heavy (non-hydrogen) atoms. The second-order valence-electron chi connectivity index (χ2n) is 5.15. The lowest BCUT2D eigenvalue weighted by atomic mass is 9.95. The number of hydrogen-bond acceptors (Lipinski definition) is 3. The second kappa shape index (κ2) is 5.94. The third kappa shape index (κ3) is 2.86. The Balaban J connectivity index is 1.73. The fraction of sp³-hybridized carbons (Fsp3) is 0.312. The van der Waals surface area contributed by atoms with Gasteiger partial charge in [-0.3, -0.25) is 4.79 Å². The van der Waals surface area contributed by atoms with Crippen LogP contribution >= 0.6 is 22.7 Å². The van der Waals surface area contributed by atoms with E-state index in [9.17, 15) is 4.79 Å². The average molecular weight is 303 g/mol. The molecule has 2 aromatic heterocycles. The molecule has 104 valence electrons. The van der Waals surface area contributed by atoms with E-state index in [0.717, 1.165) is 18.4 Å². The molecule has 1 aliphatic carbocycles. The molecule has 2 heterocycles. The zero-order valence-electron chi connectivity index (χ0n) is 11.2. The first-order valence-corrected chi connectivity index (χ1v) is 8.67. The molecule has 0 aliphatic heterocycles. The fourth-order valence-electron chi connectivity index (χ4n) is 2.78. The number of hydrogen-bond donors (Lipinski definition) is 1. The van der Waals surface area contributed by atoms with Crippen molar-refractivity contribution in [3.63, 3.8) is 0 Å². The van der Waals surface area contributed by atoms with Crippen molar-refractivity contribution in [3.8, 4) is 0 Å². The monoisotopic (exact) mass is 303 g/mol. The number of thiophene rings is 2. The summed E-state index contributed by atoms with van der Waals surface area (Å²) in [7, 11) is 0. The summed E-state index contributed by atoms with van der Waals surface area (Å²) in [6, 6.07) is 6.21. The van der Waals surface area contributed by atoms with Gasteiger partial charge >= 0.3 is 0 Å². The molecule has 0 unspecified atom stereocenters. The molecule has 0 aromatic carbocycles. The van der Waals surface area contributed by atoms with Crippen LogP contribution in [0.2, 0.25) is 0 Å². The molecular weight excluding hydrogens is 286 g/mol. The summed E-state index contributed by atoms with van der Waals surface area (Å²) in [5.74, 6) is 0.00602. The van der Waals surface area contributed by atoms with E-state index in [-0.39, 0.29) is 11.4 Å². The van der Waals surface area contributed by atoms with Crippen molar-refractivity contribution < 1.29 is 4.79 Å². The maximum absolute atomic E-state index is 12.2. The van der Waals surface area contributed by atoms with Crippen LogP contribution in [0.25, 0.3) is 6.08 Å². The minimum Gasteiger partial charge on any atom is -0.342 e. The number of carbonyl (C=O) groups excluding carboxylic acids is 1. The van der Waals surface area contributed by atoms with Gasteiger partial charge in [-0.05, 0) is 52.8 Å². The van der Waals surface area contributed by atoms with E-state index >= 15 is 0 Å². The molecule has 1 fully saturated rings. The zero-order valence-corrected chi connectivity index (χ0v) is 12.8. The van der Waals surface area contributed by atoms with E-state index in [1.165, 1.54) is 17.7 Å². The largest absolute Gasteiger partial charge is 0.342 e. The van der Waals surface area contributed by atoms with Crippen LogP contribution in [0.5, 0.6) is 0 Å². The first-order chi connectivity index (χ1) is 9.78. The Morgan fingerprint density at radius 2 is 2.10 bits per heavy atom. The predicted molar refractivity (Wildman–Crippen MR) is 86.0 cm³/mol. The molecule has 0 saturated heterocycles. The van der Waals surface area contributed by atoms with Crippen LogP contribution in [0.4, 0.5) is 0 Å². The van der Waals surface area contributed by atoms with Crippen LogP contribution in [0.3, 0.4) is 0 Å². The summed E-state index contributed by atoms with van der Waals surface area (Å²) in [5, 5.41) is 9.38. The summed E-state index contributed by atoms with van der Waals surface area (Å²) in [6.45, 7) is 0. The number of amides is 1. The molecule has 1 saturated carbocycles. The van der Waals surface area contributed by atoms with Gasteiger partial charge in [0, 0.05) is 11.0 Å². The molecule has 1 N–H and O–H groups in total. The van der Waals surface area contributed by atoms with Gasteiger partial charge in [-0.25, -0.2) is 0 Å². The highest BCUT2D eigenvalue weighted by molar-refractivity contribution is 7.10. The van der Waals surface area contributed by atoms with Crippen molar-refractivity contribution in [3.05, 3.63) is 50.9 Å². The van der Waals surface area contributed by atoms with Crippen LogP contribution < -0.4 is 5.32 Å². The van der Waals surface area contributed by atoms with Gasteiger partial charge in [0.25, 0.3) is 0 Å². The minimum atomic E-state index is -0.135. The molecule has 3 rings (SSSR count). The SMILES string of the molecule is O=C(C=Cc1ccsc1)NC1(c2cccs2)CCCC1. The predicted octanol–water partition coefficient (Wildman–Crippen LogP) is 4.41. The highest BCUT2D eigenvalue weighted by Crippen LogP contribution is 2.40. The van der Waals surface area contributed by atoms with Crippen molar-refractivity contribution in [2.75, 3.05) is 0 Å². The van der Waals surface area contributed by atoms with Gasteiger partial charge in [-0.15, -0.1) is 11.3 Å². The third-order valence-corrected chi connectivity index (χ3v) is 5.56. The van der Waals surface area contributed by atoms with E-state index in [0.29, 0.717) is 0 Å². The van der Waals surface area contributed by atoms with Crippen molar-refractivity contribution in [1.82, 2.24) is 5.32 Å². The highest BCUT2D eigenvalue weighted by Gasteiger charge is 2.37. The first-order valence-electron chi connectivity index (χ1n) is 6.85. The number of carbonyl (C=O) groups is 1. The Hall–Kier alpha value is -1.39. The Morgan fingerprint density at radius 3 is 2.75 bits per heavy atom. The van der Waals surface area contributed by atoms with Gasteiger partial charge in [0.15, 0.2) is 0 Å². The van der Waals surface area contributed by atoms with E-state index in [2.05, 4.69) is 22.8 Å². The Kier molecular flexibility index (Phi) is 4.03. The van der Waals surface area contributed by atoms with Gasteiger partial charge in [0.1, 0.15) is 0 Å². The molecular formula is C16H17NOS2. The molecule has 2 aromatic rings. The molecule has 4 heteroatoms. The van der Waals surface area contributed by atoms with Crippen molar-refractivity contribution in [1.29, 1.82) is 0 Å².